The zero-order valence-electron chi connectivity index (χ0n) is 30.4. The van der Waals surface area contributed by atoms with Crippen molar-refractivity contribution < 1.29 is 0 Å². The molecule has 12 rings (SSSR count). The Morgan fingerprint density at radius 2 is 0.930 bits per heavy atom. The quantitative estimate of drug-likeness (QED) is 0.175. The molecule has 4 aromatic heterocycles. The normalized spacial score (nSPS) is 11.9. The van der Waals surface area contributed by atoms with Crippen molar-refractivity contribution in [2.24, 2.45) is 0 Å². The van der Waals surface area contributed by atoms with Gasteiger partial charge in [0.15, 0.2) is 17.5 Å². The average molecular weight is 763 g/mol. The molecule has 0 fully saturated rings. The molecule has 0 N–H and O–H groups in total. The number of benzene rings is 8. The lowest BCUT2D eigenvalue weighted by molar-refractivity contribution is 1.08. The van der Waals surface area contributed by atoms with Crippen LogP contribution in [-0.2, 0) is 0 Å². The van der Waals surface area contributed by atoms with E-state index in [0.717, 1.165) is 22.4 Å². The fourth-order valence-electron chi connectivity index (χ4n) is 8.48. The summed E-state index contributed by atoms with van der Waals surface area (Å²) in [7, 11) is 0. The summed E-state index contributed by atoms with van der Waals surface area (Å²) in [5, 5.41) is 7.39. The van der Waals surface area contributed by atoms with E-state index in [-0.39, 0.29) is 0 Å². The second-order valence-corrected chi connectivity index (χ2v) is 16.5. The Morgan fingerprint density at radius 1 is 0.351 bits per heavy atom. The highest BCUT2D eigenvalue weighted by atomic mass is 32.1. The van der Waals surface area contributed by atoms with Crippen LogP contribution in [-0.4, -0.2) is 19.5 Å². The van der Waals surface area contributed by atoms with Crippen molar-refractivity contribution in [2.75, 3.05) is 0 Å². The van der Waals surface area contributed by atoms with Gasteiger partial charge in [-0.1, -0.05) is 140 Å². The summed E-state index contributed by atoms with van der Waals surface area (Å²) in [5.74, 6) is 2.00. The highest BCUT2D eigenvalue weighted by Crippen LogP contribution is 2.43. The third-order valence-corrected chi connectivity index (χ3v) is 13.3. The van der Waals surface area contributed by atoms with Crippen molar-refractivity contribution in [1.82, 2.24) is 19.5 Å². The van der Waals surface area contributed by atoms with E-state index >= 15 is 0 Å². The number of thiophene rings is 2. The summed E-state index contributed by atoms with van der Waals surface area (Å²) in [4.78, 5) is 15.4. The maximum atomic E-state index is 5.22. The molecule has 6 heteroatoms. The van der Waals surface area contributed by atoms with Gasteiger partial charge in [-0.3, -0.25) is 0 Å². The summed E-state index contributed by atoms with van der Waals surface area (Å²) >= 11 is 3.62. The zero-order valence-corrected chi connectivity index (χ0v) is 32.1. The van der Waals surface area contributed by atoms with Gasteiger partial charge in [-0.25, -0.2) is 15.0 Å². The highest BCUT2D eigenvalue weighted by Gasteiger charge is 2.19. The molecule has 4 heterocycles. The predicted molar refractivity (Wildman–Crippen MR) is 242 cm³/mol. The number of para-hydroxylation sites is 3. The Morgan fingerprint density at radius 3 is 1.75 bits per heavy atom. The minimum atomic E-state index is 0.662. The molecule has 12 aromatic rings. The van der Waals surface area contributed by atoms with Crippen molar-refractivity contribution >= 4 is 84.8 Å². The third kappa shape index (κ3) is 5.15. The lowest BCUT2D eigenvalue weighted by Crippen LogP contribution is -2.00. The van der Waals surface area contributed by atoms with Crippen molar-refractivity contribution in [3.8, 4) is 51.0 Å². The van der Waals surface area contributed by atoms with Crippen molar-refractivity contribution in [1.29, 1.82) is 0 Å². The molecule has 0 saturated carbocycles. The van der Waals surface area contributed by atoms with E-state index in [1.807, 2.05) is 29.5 Å². The molecule has 266 valence electrons. The average Bonchev–Trinajstić information content (AvgIpc) is 3.96. The smallest absolute Gasteiger partial charge is 0.164 e. The van der Waals surface area contributed by atoms with Crippen LogP contribution in [0.3, 0.4) is 0 Å². The first-order valence-electron chi connectivity index (χ1n) is 19.0. The fraction of sp³-hybridized carbons (Fsp3) is 0. The van der Waals surface area contributed by atoms with Gasteiger partial charge in [0, 0.05) is 79.1 Å². The Bertz CT molecular complexity index is 3530. The Balaban J connectivity index is 1.02. The molecule has 0 saturated heterocycles. The van der Waals surface area contributed by atoms with Crippen LogP contribution in [0.25, 0.3) is 113 Å². The molecule has 8 aromatic carbocycles. The van der Waals surface area contributed by atoms with Crippen molar-refractivity contribution in [3.63, 3.8) is 0 Å². The number of hydrogen-bond acceptors (Lipinski definition) is 5. The lowest BCUT2D eigenvalue weighted by Gasteiger charge is -2.12. The molecule has 4 nitrogen and oxygen atoms in total. The topological polar surface area (TPSA) is 43.6 Å². The SMILES string of the molecule is c1ccc(-c2nc(-c3ccc4c(c3)sc3cc(-c5cccc6c7ccccc7n(-c7ccccc7)c56)ccc34)nc(-c3cccc4sc5ccccc5c34)n2)cc1. The lowest BCUT2D eigenvalue weighted by atomic mass is 10.0. The molecular formula is C51H30N4S2. The van der Waals surface area contributed by atoms with Gasteiger partial charge < -0.3 is 4.57 Å². The van der Waals surface area contributed by atoms with E-state index < -0.39 is 0 Å². The van der Waals surface area contributed by atoms with Gasteiger partial charge in [-0.05, 0) is 48.0 Å². The number of aromatic nitrogens is 4. The maximum Gasteiger partial charge on any atom is 0.164 e. The van der Waals surface area contributed by atoms with Gasteiger partial charge in [0.1, 0.15) is 0 Å². The molecule has 0 spiro atoms. The van der Waals surface area contributed by atoms with Crippen LogP contribution >= 0.6 is 22.7 Å². The van der Waals surface area contributed by atoms with Gasteiger partial charge >= 0.3 is 0 Å². The van der Waals surface area contributed by atoms with Crippen LogP contribution < -0.4 is 0 Å². The second kappa shape index (κ2) is 12.8. The fourth-order valence-corrected chi connectivity index (χ4v) is 10.8. The zero-order chi connectivity index (χ0) is 37.5. The van der Waals surface area contributed by atoms with E-state index in [4.69, 9.17) is 15.0 Å². The van der Waals surface area contributed by atoms with Crippen LogP contribution in [0.4, 0.5) is 0 Å². The number of fused-ring (bicyclic) bond motifs is 9. The number of nitrogens with zero attached hydrogens (tertiary/aromatic N) is 4. The summed E-state index contributed by atoms with van der Waals surface area (Å²) < 4.78 is 7.34. The molecule has 0 radical (unpaired) electrons. The van der Waals surface area contributed by atoms with Crippen LogP contribution in [0.2, 0.25) is 0 Å². The first kappa shape index (κ1) is 32.3. The van der Waals surface area contributed by atoms with Crippen LogP contribution in [0.1, 0.15) is 0 Å². The van der Waals surface area contributed by atoms with Crippen molar-refractivity contribution in [2.45, 2.75) is 0 Å². The molecular weight excluding hydrogens is 733 g/mol. The van der Waals surface area contributed by atoms with Crippen LogP contribution in [0.15, 0.2) is 182 Å². The molecule has 0 aliphatic heterocycles. The van der Waals surface area contributed by atoms with E-state index in [1.165, 1.54) is 73.3 Å². The standard InChI is InChI=1S/C51H30N4S2/c1-3-13-31(14-4-1)49-52-50(54-51(53-49)41-21-12-24-44-47(41)40-18-8-10-23-43(40)56-44)33-26-28-38-37-27-25-32(29-45(37)57-46(38)30-33)35-19-11-20-39-36-17-7-9-22-42(36)55(48(35)39)34-15-5-2-6-16-34/h1-30H. The second-order valence-electron chi connectivity index (χ2n) is 14.4. The van der Waals surface area contributed by atoms with Gasteiger partial charge in [0.05, 0.1) is 11.0 Å². The minimum Gasteiger partial charge on any atom is -0.309 e. The van der Waals surface area contributed by atoms with Gasteiger partial charge in [0.25, 0.3) is 0 Å². The van der Waals surface area contributed by atoms with Gasteiger partial charge in [-0.15, -0.1) is 22.7 Å². The molecule has 0 unspecified atom stereocenters. The molecule has 0 aliphatic carbocycles. The molecule has 0 atom stereocenters. The van der Waals surface area contributed by atoms with E-state index in [9.17, 15) is 0 Å². The predicted octanol–water partition coefficient (Wildman–Crippen LogP) is 14.4. The molecule has 57 heavy (non-hydrogen) atoms. The summed E-state index contributed by atoms with van der Waals surface area (Å²) in [5.41, 5.74) is 8.94. The van der Waals surface area contributed by atoms with Crippen LogP contribution in [0, 0.1) is 0 Å². The number of hydrogen-bond donors (Lipinski definition) is 0. The van der Waals surface area contributed by atoms with E-state index in [1.54, 1.807) is 11.3 Å². The first-order valence-corrected chi connectivity index (χ1v) is 20.7. The highest BCUT2D eigenvalue weighted by molar-refractivity contribution is 7.26. The van der Waals surface area contributed by atoms with Gasteiger partial charge in [-0.2, -0.15) is 0 Å². The van der Waals surface area contributed by atoms with Crippen LogP contribution in [0.5, 0.6) is 0 Å². The third-order valence-electron chi connectivity index (χ3n) is 11.1. The maximum absolute atomic E-state index is 5.22. The van der Waals surface area contributed by atoms with Gasteiger partial charge in [0.2, 0.25) is 0 Å². The van der Waals surface area contributed by atoms with E-state index in [2.05, 4.69) is 168 Å². The summed E-state index contributed by atoms with van der Waals surface area (Å²) in [6.45, 7) is 0. The molecule has 0 aliphatic rings. The van der Waals surface area contributed by atoms with Crippen molar-refractivity contribution in [3.05, 3.63) is 182 Å². The Hall–Kier alpha value is -6.99. The summed E-state index contributed by atoms with van der Waals surface area (Å²) in [6.07, 6.45) is 0. The largest absolute Gasteiger partial charge is 0.309 e. The van der Waals surface area contributed by atoms with E-state index in [0.29, 0.717) is 17.5 Å². The Kier molecular flexibility index (Phi) is 7.24. The Labute approximate surface area is 335 Å². The number of rotatable bonds is 5. The molecule has 0 bridgehead atoms. The minimum absolute atomic E-state index is 0.662. The monoisotopic (exact) mass is 762 g/mol. The first-order chi connectivity index (χ1) is 28.2. The summed E-state index contributed by atoms with van der Waals surface area (Å²) in [6, 6.07) is 64.9. The molecule has 0 amide bonds.